The number of carbonyl (C=O) groups is 2. The lowest BCUT2D eigenvalue weighted by atomic mass is 9.86. The number of amides is 1. The maximum absolute atomic E-state index is 12.3. The first-order valence-corrected chi connectivity index (χ1v) is 8.42. The number of rotatable bonds is 5. The van der Waals surface area contributed by atoms with Crippen LogP contribution in [0.4, 0.5) is 0 Å². The van der Waals surface area contributed by atoms with Gasteiger partial charge in [-0.15, -0.1) is 0 Å². The van der Waals surface area contributed by atoms with Crippen molar-refractivity contribution < 1.29 is 9.59 Å². The van der Waals surface area contributed by atoms with Gasteiger partial charge in [-0.25, -0.2) is 0 Å². The molecular formula is C14H23IN2O2. The molecule has 2 aliphatic heterocycles. The van der Waals surface area contributed by atoms with E-state index in [1.165, 1.54) is 19.3 Å². The van der Waals surface area contributed by atoms with Crippen LogP contribution in [0.1, 0.15) is 38.5 Å². The van der Waals surface area contributed by atoms with E-state index in [0.29, 0.717) is 6.54 Å². The number of likely N-dealkylation sites (tertiary alicyclic amines) is 1. The summed E-state index contributed by atoms with van der Waals surface area (Å²) in [6, 6.07) is 0. The lowest BCUT2D eigenvalue weighted by molar-refractivity contribution is -0.140. The molecule has 0 aliphatic carbocycles. The van der Waals surface area contributed by atoms with Crippen LogP contribution in [0.15, 0.2) is 0 Å². The third-order valence-corrected chi connectivity index (χ3v) is 4.68. The van der Waals surface area contributed by atoms with Crippen molar-refractivity contribution in [2.45, 2.75) is 38.5 Å². The monoisotopic (exact) mass is 378 g/mol. The molecule has 0 aromatic carbocycles. The first-order chi connectivity index (χ1) is 9.16. The van der Waals surface area contributed by atoms with Crippen LogP contribution >= 0.6 is 22.6 Å². The zero-order valence-electron chi connectivity index (χ0n) is 11.4. The Balaban J connectivity index is 1.78. The highest BCUT2D eigenvalue weighted by molar-refractivity contribution is 14.1. The van der Waals surface area contributed by atoms with E-state index < -0.39 is 0 Å². The average molecular weight is 378 g/mol. The highest BCUT2D eigenvalue weighted by Crippen LogP contribution is 2.27. The molecule has 0 aromatic heterocycles. The van der Waals surface area contributed by atoms with E-state index in [-0.39, 0.29) is 15.6 Å². The Morgan fingerprint density at radius 2 is 2.00 bits per heavy atom. The summed E-state index contributed by atoms with van der Waals surface area (Å²) < 4.78 is 0.0601. The van der Waals surface area contributed by atoms with Crippen molar-refractivity contribution in [1.82, 2.24) is 10.2 Å². The van der Waals surface area contributed by atoms with Crippen molar-refractivity contribution in [2.24, 2.45) is 11.8 Å². The maximum atomic E-state index is 12.3. The van der Waals surface area contributed by atoms with Crippen LogP contribution in [0.25, 0.3) is 0 Å². The lowest BCUT2D eigenvalue weighted by Gasteiger charge is -2.32. The summed E-state index contributed by atoms with van der Waals surface area (Å²) in [5.74, 6) is 1.17. The zero-order valence-corrected chi connectivity index (χ0v) is 13.5. The molecule has 5 heteroatoms. The van der Waals surface area contributed by atoms with Gasteiger partial charge in [-0.2, -0.15) is 0 Å². The highest BCUT2D eigenvalue weighted by atomic mass is 127. The van der Waals surface area contributed by atoms with Gasteiger partial charge in [0.15, 0.2) is 0 Å². The van der Waals surface area contributed by atoms with Gasteiger partial charge in [-0.05, 0) is 57.5 Å². The number of hydrogen-bond donors (Lipinski definition) is 1. The Kier molecular flexibility index (Phi) is 6.06. The van der Waals surface area contributed by atoms with E-state index >= 15 is 0 Å². The molecule has 0 unspecified atom stereocenters. The summed E-state index contributed by atoms with van der Waals surface area (Å²) in [6.07, 6.45) is 6.73. The standard InChI is InChI=1S/C14H23IN2O2/c15-13(18)10-17-9-1-2-12(14(17)19)4-3-11-5-7-16-8-6-11/h11-12,16H,1-10H2/t12-/m0/s1. The summed E-state index contributed by atoms with van der Waals surface area (Å²) in [6.45, 7) is 3.30. The predicted molar refractivity (Wildman–Crippen MR) is 83.2 cm³/mol. The SMILES string of the molecule is O=C(I)CN1CCC[C@@H](CCC2CCNCC2)C1=O. The number of hydrogen-bond acceptors (Lipinski definition) is 3. The number of halogens is 1. The van der Waals surface area contributed by atoms with Crippen molar-refractivity contribution >= 4 is 32.3 Å². The van der Waals surface area contributed by atoms with E-state index in [4.69, 9.17) is 0 Å². The molecule has 2 saturated heterocycles. The van der Waals surface area contributed by atoms with Crippen molar-refractivity contribution in [3.05, 3.63) is 0 Å². The van der Waals surface area contributed by atoms with E-state index in [9.17, 15) is 9.59 Å². The molecule has 0 bridgehead atoms. The Morgan fingerprint density at radius 1 is 1.26 bits per heavy atom. The number of carbonyl (C=O) groups excluding carboxylic acids is 2. The van der Waals surface area contributed by atoms with Gasteiger partial charge in [0.05, 0.1) is 6.54 Å². The third-order valence-electron chi connectivity index (χ3n) is 4.34. The molecule has 2 fully saturated rings. The Bertz CT molecular complexity index is 329. The van der Waals surface area contributed by atoms with E-state index in [1.807, 2.05) is 0 Å². The van der Waals surface area contributed by atoms with Gasteiger partial charge in [-0.3, -0.25) is 9.59 Å². The fourth-order valence-corrected chi connectivity index (χ4v) is 3.61. The minimum atomic E-state index is 0.0601. The minimum Gasteiger partial charge on any atom is -0.334 e. The molecule has 2 rings (SSSR count). The summed E-state index contributed by atoms with van der Waals surface area (Å²) in [5.41, 5.74) is 0. The second-order valence-corrected chi connectivity index (χ2v) is 6.93. The van der Waals surface area contributed by atoms with Crippen LogP contribution in [0.3, 0.4) is 0 Å². The second-order valence-electron chi connectivity index (χ2n) is 5.72. The molecule has 2 heterocycles. The molecular weight excluding hydrogens is 355 g/mol. The van der Waals surface area contributed by atoms with E-state index in [0.717, 1.165) is 44.8 Å². The average Bonchev–Trinajstić information content (AvgIpc) is 2.40. The van der Waals surface area contributed by atoms with Crippen molar-refractivity contribution in [1.29, 1.82) is 0 Å². The van der Waals surface area contributed by atoms with Gasteiger partial charge >= 0.3 is 0 Å². The smallest absolute Gasteiger partial charge is 0.226 e. The molecule has 1 atom stereocenters. The van der Waals surface area contributed by atoms with E-state index in [2.05, 4.69) is 5.32 Å². The van der Waals surface area contributed by atoms with Crippen molar-refractivity contribution in [3.63, 3.8) is 0 Å². The molecule has 0 saturated carbocycles. The van der Waals surface area contributed by atoms with Crippen molar-refractivity contribution in [2.75, 3.05) is 26.2 Å². The van der Waals surface area contributed by atoms with E-state index in [1.54, 1.807) is 27.5 Å². The largest absolute Gasteiger partial charge is 0.334 e. The van der Waals surface area contributed by atoms with Gasteiger partial charge < -0.3 is 10.2 Å². The quantitative estimate of drug-likeness (QED) is 0.588. The number of nitrogens with one attached hydrogen (secondary N) is 1. The molecule has 2 aliphatic rings. The second kappa shape index (κ2) is 7.57. The summed E-state index contributed by atoms with van der Waals surface area (Å²) in [5, 5.41) is 3.38. The number of nitrogens with zero attached hydrogens (tertiary/aromatic N) is 1. The molecule has 4 nitrogen and oxygen atoms in total. The summed E-state index contributed by atoms with van der Waals surface area (Å²) >= 11 is 1.78. The van der Waals surface area contributed by atoms with Gasteiger partial charge in [0.1, 0.15) is 0 Å². The Hall–Kier alpha value is -0.170. The third kappa shape index (κ3) is 4.70. The van der Waals surface area contributed by atoms with Crippen LogP contribution in [0.2, 0.25) is 0 Å². The van der Waals surface area contributed by atoms with Gasteiger partial charge in [-0.1, -0.05) is 0 Å². The van der Waals surface area contributed by atoms with Crippen LogP contribution < -0.4 is 5.32 Å². The molecule has 0 radical (unpaired) electrons. The van der Waals surface area contributed by atoms with Crippen molar-refractivity contribution in [3.8, 4) is 0 Å². The fourth-order valence-electron chi connectivity index (χ4n) is 3.20. The maximum Gasteiger partial charge on any atom is 0.226 e. The fraction of sp³-hybridized carbons (Fsp3) is 0.857. The van der Waals surface area contributed by atoms with Crippen LogP contribution in [-0.4, -0.2) is 40.8 Å². The molecule has 0 spiro atoms. The van der Waals surface area contributed by atoms with Crippen LogP contribution in [0.5, 0.6) is 0 Å². The first kappa shape index (κ1) is 15.2. The summed E-state index contributed by atoms with van der Waals surface area (Å²) in [7, 11) is 0. The molecule has 1 amide bonds. The normalized spacial score (nSPS) is 25.6. The van der Waals surface area contributed by atoms with Gasteiger partial charge in [0, 0.05) is 35.1 Å². The van der Waals surface area contributed by atoms with Crippen LogP contribution in [0, 0.1) is 11.8 Å². The first-order valence-electron chi connectivity index (χ1n) is 7.34. The Labute approximate surface area is 128 Å². The zero-order chi connectivity index (χ0) is 13.7. The molecule has 1 N–H and O–H groups in total. The molecule has 108 valence electrons. The van der Waals surface area contributed by atoms with Gasteiger partial charge in [0.2, 0.25) is 9.70 Å². The topological polar surface area (TPSA) is 49.4 Å². The molecule has 0 aromatic rings. The Morgan fingerprint density at radius 3 is 2.68 bits per heavy atom. The lowest BCUT2D eigenvalue weighted by Crippen LogP contribution is -2.43. The predicted octanol–water partition coefficient (Wildman–Crippen LogP) is 1.97. The molecule has 19 heavy (non-hydrogen) atoms. The highest BCUT2D eigenvalue weighted by Gasteiger charge is 2.29. The summed E-state index contributed by atoms with van der Waals surface area (Å²) in [4.78, 5) is 25.2. The van der Waals surface area contributed by atoms with Crippen LogP contribution in [-0.2, 0) is 9.59 Å². The minimum absolute atomic E-state index is 0.0601. The number of piperidine rings is 2. The van der Waals surface area contributed by atoms with Gasteiger partial charge in [0.25, 0.3) is 0 Å².